The number of hydrogen-bond donors (Lipinski definition) is 1. The first-order chi connectivity index (χ1) is 4.97. The van der Waals surface area contributed by atoms with Crippen molar-refractivity contribution in [2.24, 2.45) is 5.41 Å². The minimum Gasteiger partial charge on any atom is -0.378 e. The molecule has 1 saturated carbocycles. The van der Waals surface area contributed by atoms with E-state index in [1.165, 1.54) is 0 Å². The molecule has 0 aromatic rings. The average Bonchev–Trinajstić information content (AvgIpc) is 1.97. The summed E-state index contributed by atoms with van der Waals surface area (Å²) in [4.78, 5) is 0. The van der Waals surface area contributed by atoms with Crippen molar-refractivity contribution < 1.29 is 5.11 Å². The van der Waals surface area contributed by atoms with Gasteiger partial charge in [0.15, 0.2) is 0 Å². The lowest BCUT2D eigenvalue weighted by molar-refractivity contribution is 0.0232. The number of aliphatic hydroxyl groups is 1. The third-order valence-corrected chi connectivity index (χ3v) is 2.70. The number of rotatable bonds is 0. The van der Waals surface area contributed by atoms with Gasteiger partial charge in [-0.05, 0) is 31.1 Å². The lowest BCUT2D eigenvalue weighted by atomic mass is 9.71. The predicted octanol–water partition coefficient (Wildman–Crippen LogP) is 1.95. The SMILES string of the molecule is C#CC1(O)CCC(C)(C)CC1. The van der Waals surface area contributed by atoms with Crippen LogP contribution in [0.15, 0.2) is 0 Å². The molecule has 0 heterocycles. The molecule has 0 aliphatic heterocycles. The standard InChI is InChI=1S/C10H16O/c1-4-10(11)7-5-9(2,3)6-8-10/h1,11H,5-8H2,2-3H3. The van der Waals surface area contributed by atoms with Crippen LogP contribution in [0.5, 0.6) is 0 Å². The van der Waals surface area contributed by atoms with Crippen molar-refractivity contribution in [3.63, 3.8) is 0 Å². The summed E-state index contributed by atoms with van der Waals surface area (Å²) in [5.41, 5.74) is -0.418. The Kier molecular flexibility index (Phi) is 1.98. The smallest absolute Gasteiger partial charge is 0.125 e. The zero-order chi connectivity index (χ0) is 8.54. The molecule has 0 aromatic heterocycles. The molecule has 1 heteroatoms. The normalized spacial score (nSPS) is 27.5. The van der Waals surface area contributed by atoms with Gasteiger partial charge in [0.25, 0.3) is 0 Å². The molecule has 0 radical (unpaired) electrons. The Labute approximate surface area is 68.8 Å². The summed E-state index contributed by atoms with van der Waals surface area (Å²) in [6, 6.07) is 0. The molecule has 0 atom stereocenters. The van der Waals surface area contributed by atoms with E-state index in [2.05, 4.69) is 19.8 Å². The fourth-order valence-electron chi connectivity index (χ4n) is 1.48. The second kappa shape index (κ2) is 2.53. The summed E-state index contributed by atoms with van der Waals surface area (Å²) < 4.78 is 0. The topological polar surface area (TPSA) is 20.2 Å². The van der Waals surface area contributed by atoms with Crippen LogP contribution in [0.4, 0.5) is 0 Å². The Morgan fingerprint density at radius 3 is 2.00 bits per heavy atom. The van der Waals surface area contributed by atoms with Gasteiger partial charge >= 0.3 is 0 Å². The Hall–Kier alpha value is -0.480. The number of terminal acetylenes is 1. The second-order valence-corrected chi connectivity index (χ2v) is 4.34. The first-order valence-electron chi connectivity index (χ1n) is 4.18. The second-order valence-electron chi connectivity index (χ2n) is 4.34. The van der Waals surface area contributed by atoms with E-state index in [-0.39, 0.29) is 0 Å². The molecule has 1 fully saturated rings. The molecular weight excluding hydrogens is 136 g/mol. The lowest BCUT2D eigenvalue weighted by Gasteiger charge is -2.37. The van der Waals surface area contributed by atoms with Gasteiger partial charge in [0.1, 0.15) is 5.60 Å². The Balaban J connectivity index is 2.56. The molecule has 62 valence electrons. The van der Waals surface area contributed by atoms with Crippen LogP contribution < -0.4 is 0 Å². The van der Waals surface area contributed by atoms with Gasteiger partial charge in [-0.3, -0.25) is 0 Å². The van der Waals surface area contributed by atoms with E-state index in [0.717, 1.165) is 25.7 Å². The third kappa shape index (κ3) is 1.97. The van der Waals surface area contributed by atoms with Gasteiger partial charge in [-0.1, -0.05) is 19.8 Å². The van der Waals surface area contributed by atoms with E-state index in [9.17, 15) is 5.11 Å². The van der Waals surface area contributed by atoms with Crippen LogP contribution in [0, 0.1) is 17.8 Å². The third-order valence-electron chi connectivity index (χ3n) is 2.70. The quantitative estimate of drug-likeness (QED) is 0.526. The van der Waals surface area contributed by atoms with E-state index in [1.54, 1.807) is 0 Å². The predicted molar refractivity (Wildman–Crippen MR) is 46.0 cm³/mol. The molecule has 1 nitrogen and oxygen atoms in total. The summed E-state index contributed by atoms with van der Waals surface area (Å²) in [7, 11) is 0. The van der Waals surface area contributed by atoms with E-state index >= 15 is 0 Å². The molecule has 0 aromatic carbocycles. The van der Waals surface area contributed by atoms with Crippen molar-refractivity contribution in [1.29, 1.82) is 0 Å². The Morgan fingerprint density at radius 2 is 1.64 bits per heavy atom. The molecule has 0 unspecified atom stereocenters. The molecule has 0 amide bonds. The van der Waals surface area contributed by atoms with Crippen molar-refractivity contribution in [3.05, 3.63) is 0 Å². The van der Waals surface area contributed by atoms with Gasteiger partial charge in [0.05, 0.1) is 0 Å². The van der Waals surface area contributed by atoms with Crippen LogP contribution >= 0.6 is 0 Å². The minimum atomic E-state index is -0.796. The van der Waals surface area contributed by atoms with Crippen LogP contribution in [-0.4, -0.2) is 10.7 Å². The molecule has 1 N–H and O–H groups in total. The van der Waals surface area contributed by atoms with Crippen molar-refractivity contribution in [1.82, 2.24) is 0 Å². The largest absolute Gasteiger partial charge is 0.378 e. The minimum absolute atomic E-state index is 0.378. The summed E-state index contributed by atoms with van der Waals surface area (Å²) in [5, 5.41) is 9.68. The van der Waals surface area contributed by atoms with Crippen LogP contribution in [0.25, 0.3) is 0 Å². The Bertz CT molecular complexity index is 176. The fourth-order valence-corrected chi connectivity index (χ4v) is 1.48. The van der Waals surface area contributed by atoms with Gasteiger partial charge < -0.3 is 5.11 Å². The summed E-state index contributed by atoms with van der Waals surface area (Å²) in [5.74, 6) is 2.47. The molecule has 0 spiro atoms. The Morgan fingerprint density at radius 1 is 1.18 bits per heavy atom. The van der Waals surface area contributed by atoms with Crippen LogP contribution in [0.3, 0.4) is 0 Å². The van der Waals surface area contributed by atoms with Crippen LogP contribution in [0.2, 0.25) is 0 Å². The van der Waals surface area contributed by atoms with Crippen molar-refractivity contribution >= 4 is 0 Å². The molecule has 1 aliphatic carbocycles. The maximum absolute atomic E-state index is 9.68. The lowest BCUT2D eigenvalue weighted by Crippen LogP contribution is -2.35. The molecule has 1 aliphatic rings. The number of hydrogen-bond acceptors (Lipinski definition) is 1. The van der Waals surface area contributed by atoms with Gasteiger partial charge in [0, 0.05) is 0 Å². The highest BCUT2D eigenvalue weighted by Gasteiger charge is 2.34. The maximum atomic E-state index is 9.68. The highest BCUT2D eigenvalue weighted by atomic mass is 16.3. The zero-order valence-electron chi connectivity index (χ0n) is 7.35. The molecule has 1 rings (SSSR count). The molecule has 0 saturated heterocycles. The highest BCUT2D eigenvalue weighted by Crippen LogP contribution is 2.39. The maximum Gasteiger partial charge on any atom is 0.125 e. The van der Waals surface area contributed by atoms with Crippen LogP contribution in [0.1, 0.15) is 39.5 Å². The van der Waals surface area contributed by atoms with Gasteiger partial charge in [-0.15, -0.1) is 6.42 Å². The fraction of sp³-hybridized carbons (Fsp3) is 0.800. The zero-order valence-corrected chi connectivity index (χ0v) is 7.35. The van der Waals surface area contributed by atoms with Gasteiger partial charge in [-0.25, -0.2) is 0 Å². The summed E-state index contributed by atoms with van der Waals surface area (Å²) in [6.45, 7) is 4.45. The average molecular weight is 152 g/mol. The first kappa shape index (κ1) is 8.62. The van der Waals surface area contributed by atoms with Crippen molar-refractivity contribution in [3.8, 4) is 12.3 Å². The van der Waals surface area contributed by atoms with Crippen LogP contribution in [-0.2, 0) is 0 Å². The van der Waals surface area contributed by atoms with E-state index in [1.807, 2.05) is 0 Å². The molecule has 0 bridgehead atoms. The van der Waals surface area contributed by atoms with Gasteiger partial charge in [-0.2, -0.15) is 0 Å². The van der Waals surface area contributed by atoms with E-state index in [0.29, 0.717) is 5.41 Å². The van der Waals surface area contributed by atoms with E-state index in [4.69, 9.17) is 6.42 Å². The highest BCUT2D eigenvalue weighted by molar-refractivity contribution is 5.09. The summed E-state index contributed by atoms with van der Waals surface area (Å²) in [6.07, 6.45) is 8.82. The van der Waals surface area contributed by atoms with Crippen molar-refractivity contribution in [2.45, 2.75) is 45.1 Å². The van der Waals surface area contributed by atoms with Crippen molar-refractivity contribution in [2.75, 3.05) is 0 Å². The summed E-state index contributed by atoms with van der Waals surface area (Å²) >= 11 is 0. The molecule has 11 heavy (non-hydrogen) atoms. The van der Waals surface area contributed by atoms with E-state index < -0.39 is 5.60 Å². The monoisotopic (exact) mass is 152 g/mol. The first-order valence-corrected chi connectivity index (χ1v) is 4.18. The van der Waals surface area contributed by atoms with Gasteiger partial charge in [0.2, 0.25) is 0 Å². The molecular formula is C10H16O.